The maximum absolute atomic E-state index is 14.9. The highest BCUT2D eigenvalue weighted by Crippen LogP contribution is 2.38. The number of hydrogen-bond acceptors (Lipinski definition) is 16. The lowest BCUT2D eigenvalue weighted by atomic mass is 9.83. The van der Waals surface area contributed by atoms with Crippen LogP contribution in [0.15, 0.2) is 134 Å². The molecular formula is C78H106N16O9. The molecule has 4 saturated heterocycles. The molecule has 4 aromatic carbocycles. The van der Waals surface area contributed by atoms with Crippen LogP contribution in [0.1, 0.15) is 156 Å². The van der Waals surface area contributed by atoms with Crippen LogP contribution in [0.3, 0.4) is 0 Å². The van der Waals surface area contributed by atoms with Crippen molar-refractivity contribution in [1.29, 1.82) is 0 Å². The number of aryl methyl sites for hydroxylation is 1. The van der Waals surface area contributed by atoms with Crippen molar-refractivity contribution in [2.45, 2.75) is 197 Å². The van der Waals surface area contributed by atoms with E-state index in [1.807, 2.05) is 135 Å². The molecule has 25 heteroatoms. The molecule has 0 unspecified atom stereocenters. The third-order valence-corrected chi connectivity index (χ3v) is 21.8. The summed E-state index contributed by atoms with van der Waals surface area (Å²) in [5, 5.41) is 43.1. The normalized spacial score (nSPS) is 23.5. The molecule has 6 aromatic rings. The number of amides is 7. The van der Waals surface area contributed by atoms with Gasteiger partial charge in [0.25, 0.3) is 0 Å². The van der Waals surface area contributed by atoms with Gasteiger partial charge in [-0.05, 0) is 138 Å². The van der Waals surface area contributed by atoms with Gasteiger partial charge in [-0.2, -0.15) is 0 Å². The van der Waals surface area contributed by atoms with Gasteiger partial charge in [-0.15, -0.1) is 10.2 Å². The molecule has 552 valence electrons. The van der Waals surface area contributed by atoms with Gasteiger partial charge in [-0.25, -0.2) is 9.36 Å². The highest BCUT2D eigenvalue weighted by molar-refractivity contribution is 5.96. The summed E-state index contributed by atoms with van der Waals surface area (Å²) in [5.41, 5.74) is 5.07. The number of nitrogens with zero attached hydrogens (tertiary/aromatic N) is 8. The lowest BCUT2D eigenvalue weighted by Gasteiger charge is -2.33. The van der Waals surface area contributed by atoms with Gasteiger partial charge in [0, 0.05) is 75.8 Å². The first kappa shape index (κ1) is 75.4. The Morgan fingerprint density at radius 1 is 0.524 bits per heavy atom. The number of carbonyl (C=O) groups excluding carboxylic acids is 7. The molecule has 25 nitrogen and oxygen atoms in total. The second kappa shape index (κ2) is 37.6. The monoisotopic (exact) mass is 1410 g/mol. The Labute approximate surface area is 605 Å². The van der Waals surface area contributed by atoms with Crippen molar-refractivity contribution in [3.05, 3.63) is 167 Å². The van der Waals surface area contributed by atoms with E-state index in [4.69, 9.17) is 9.47 Å². The van der Waals surface area contributed by atoms with E-state index in [1.165, 1.54) is 0 Å². The standard InChI is InChI=1S/C78H106N16O9/c1-5-63(79-3)73(96)85-71-58(46-81-45-52-19-11-7-12-20-52)31-34-61-37-39-67(94(61)77(71)100)76(99)84-70(57-25-17-10-18-26-57)65-49-92(90-88-65)42-44-103-51-54-29-27-53(28-30-54)50-102-43-41-91-48-60(87-89-91)33-40-68(95)82-47-59-32-35-62-36-38-66(93(62)78(101)72(59)86-74(97)64(6-2)80-4)75(98)83-69(55-21-13-8-14-22-55)56-23-15-9-16-24-56/h7-26,48-49,53-54,58-59,61-64,66-67,69-72,79-81H,5-6,27-47,50-51H2,1-4H3,(H,82,95)(H,83,98)(H,84,99)(H,85,96)(H,86,97)/t53?,54?,58-,59-,61+,62+,63+,64+,66+,67+,70+,71+,72+/m1/s1. The van der Waals surface area contributed by atoms with Crippen LogP contribution in [0.2, 0.25) is 0 Å². The summed E-state index contributed by atoms with van der Waals surface area (Å²) in [4.78, 5) is 103. The molecule has 6 heterocycles. The average Bonchev–Trinajstić information content (AvgIpc) is 1.65. The Balaban J connectivity index is 0.592. The highest BCUT2D eigenvalue weighted by Gasteiger charge is 2.50. The summed E-state index contributed by atoms with van der Waals surface area (Å²) in [6.45, 7) is 8.39. The molecule has 1 saturated carbocycles. The van der Waals surface area contributed by atoms with Crippen LogP contribution in [0.25, 0.3) is 0 Å². The minimum absolute atomic E-state index is 0.128. The maximum atomic E-state index is 14.9. The summed E-state index contributed by atoms with van der Waals surface area (Å²) in [6, 6.07) is 33.8. The Hall–Kier alpha value is -8.75. The summed E-state index contributed by atoms with van der Waals surface area (Å²) >= 11 is 0. The number of ether oxygens (including phenoxy) is 2. The minimum atomic E-state index is -0.947. The lowest BCUT2D eigenvalue weighted by molar-refractivity contribution is -0.143. The number of likely N-dealkylation sites (N-methyl/N-ethyl adjacent to an activating group) is 2. The van der Waals surface area contributed by atoms with Crippen molar-refractivity contribution in [3.63, 3.8) is 0 Å². The van der Waals surface area contributed by atoms with E-state index in [0.717, 1.165) is 60.8 Å². The summed E-state index contributed by atoms with van der Waals surface area (Å²) < 4.78 is 15.9. The van der Waals surface area contributed by atoms with Crippen molar-refractivity contribution in [2.75, 3.05) is 53.6 Å². The molecule has 0 spiro atoms. The number of fused-ring (bicyclic) bond motifs is 2. The molecule has 4 aliphatic heterocycles. The summed E-state index contributed by atoms with van der Waals surface area (Å²) in [6.07, 6.45) is 14.5. The van der Waals surface area contributed by atoms with E-state index in [2.05, 4.69) is 75.3 Å². The van der Waals surface area contributed by atoms with Crippen LogP contribution in [0.4, 0.5) is 0 Å². The van der Waals surface area contributed by atoms with Crippen molar-refractivity contribution >= 4 is 41.4 Å². The quantitative estimate of drug-likeness (QED) is 0.0216. The molecule has 103 heavy (non-hydrogen) atoms. The predicted molar refractivity (Wildman–Crippen MR) is 389 cm³/mol. The molecule has 7 amide bonds. The maximum Gasteiger partial charge on any atom is 0.246 e. The van der Waals surface area contributed by atoms with Gasteiger partial charge in [0.2, 0.25) is 41.4 Å². The van der Waals surface area contributed by atoms with E-state index in [0.29, 0.717) is 134 Å². The number of nitrogens with one attached hydrogen (secondary N) is 8. The first-order valence-corrected chi connectivity index (χ1v) is 37.6. The number of hydrogen-bond donors (Lipinski definition) is 8. The molecule has 1 aliphatic carbocycles. The van der Waals surface area contributed by atoms with E-state index in [-0.39, 0.29) is 72.3 Å². The van der Waals surface area contributed by atoms with E-state index in [1.54, 1.807) is 33.3 Å². The Bertz CT molecular complexity index is 3640. The molecule has 0 radical (unpaired) electrons. The molecule has 0 bridgehead atoms. The fourth-order valence-corrected chi connectivity index (χ4v) is 15.9. The highest BCUT2D eigenvalue weighted by atomic mass is 16.5. The van der Waals surface area contributed by atoms with Crippen LogP contribution in [0, 0.1) is 23.7 Å². The fourth-order valence-electron chi connectivity index (χ4n) is 15.9. The fraction of sp³-hybridized carbons (Fsp3) is 0.551. The molecule has 11 rings (SSSR count). The van der Waals surface area contributed by atoms with E-state index < -0.39 is 54.3 Å². The molecule has 2 aromatic heterocycles. The molecule has 11 atom stereocenters. The van der Waals surface area contributed by atoms with Gasteiger partial charge in [0.15, 0.2) is 0 Å². The smallest absolute Gasteiger partial charge is 0.246 e. The van der Waals surface area contributed by atoms with Gasteiger partial charge >= 0.3 is 0 Å². The Kier molecular flexibility index (Phi) is 27.5. The predicted octanol–water partition coefficient (Wildman–Crippen LogP) is 5.86. The first-order valence-electron chi connectivity index (χ1n) is 37.6. The zero-order chi connectivity index (χ0) is 72.0. The second-order valence-electron chi connectivity index (χ2n) is 28.6. The Morgan fingerprint density at radius 3 is 1.47 bits per heavy atom. The topological polar surface area (TPSA) is 302 Å². The second-order valence-corrected chi connectivity index (χ2v) is 28.6. The average molecular weight is 1410 g/mol. The van der Waals surface area contributed by atoms with Gasteiger partial charge in [-0.1, -0.05) is 146 Å². The van der Waals surface area contributed by atoms with E-state index >= 15 is 0 Å². The van der Waals surface area contributed by atoms with Crippen molar-refractivity contribution < 1.29 is 43.0 Å². The largest absolute Gasteiger partial charge is 0.379 e. The summed E-state index contributed by atoms with van der Waals surface area (Å²) in [5.74, 6) is -1.46. The first-order chi connectivity index (χ1) is 50.3. The zero-order valence-electron chi connectivity index (χ0n) is 60.2. The SMILES string of the molecule is CC[C@H](NC)C(=O)N[C@@H]1C(=O)N2[C@@H](CC[C@@H]1CNC(=O)CCc1cn(CCOCC3CCC(COCCn4cc([C@@H](NC(=O)[C@@H]5CC[C@@H]6CC[C@H](CNCc7ccccc7)[C@H](NC(=O)[C@H](CC)NC)C(=O)N65)c5ccccc5)nn4)CC3)nn1)CC[C@H]2C(=O)NC(c1ccccc1)c1ccccc1. The zero-order valence-corrected chi connectivity index (χ0v) is 60.2. The van der Waals surface area contributed by atoms with Crippen molar-refractivity contribution in [1.82, 2.24) is 82.3 Å². The number of rotatable bonds is 35. The third kappa shape index (κ3) is 20.0. The molecule has 8 N–H and O–H groups in total. The van der Waals surface area contributed by atoms with Crippen molar-refractivity contribution in [2.24, 2.45) is 23.7 Å². The minimum Gasteiger partial charge on any atom is -0.379 e. The van der Waals surface area contributed by atoms with Gasteiger partial charge < -0.3 is 61.8 Å². The molecule has 5 aliphatic rings. The summed E-state index contributed by atoms with van der Waals surface area (Å²) in [7, 11) is 3.46. The van der Waals surface area contributed by atoms with Crippen molar-refractivity contribution in [3.8, 4) is 0 Å². The van der Waals surface area contributed by atoms with Crippen LogP contribution in [-0.4, -0.2) is 183 Å². The van der Waals surface area contributed by atoms with Gasteiger partial charge in [0.05, 0.1) is 62.4 Å². The van der Waals surface area contributed by atoms with Gasteiger partial charge in [0.1, 0.15) is 29.9 Å². The van der Waals surface area contributed by atoms with Crippen LogP contribution >= 0.6 is 0 Å². The number of aromatic nitrogens is 6. The lowest BCUT2D eigenvalue weighted by Crippen LogP contribution is -2.59. The number of carbonyl (C=O) groups is 7. The van der Waals surface area contributed by atoms with Gasteiger partial charge in [-0.3, -0.25) is 33.6 Å². The number of benzene rings is 4. The van der Waals surface area contributed by atoms with Crippen LogP contribution < -0.4 is 42.5 Å². The molecule has 5 fully saturated rings. The third-order valence-electron chi connectivity index (χ3n) is 21.8. The Morgan fingerprint density at radius 2 is 0.971 bits per heavy atom. The van der Waals surface area contributed by atoms with Crippen LogP contribution in [-0.2, 0) is 69.1 Å². The van der Waals surface area contributed by atoms with E-state index in [9.17, 15) is 33.6 Å². The molecular weight excluding hydrogens is 1300 g/mol. The van der Waals surface area contributed by atoms with Crippen LogP contribution in [0.5, 0.6) is 0 Å².